The summed E-state index contributed by atoms with van der Waals surface area (Å²) in [7, 11) is 0. The maximum Gasteiger partial charge on any atom is 0.128 e. The highest BCUT2D eigenvalue weighted by Crippen LogP contribution is 2.35. The van der Waals surface area contributed by atoms with Gasteiger partial charge in [-0.1, -0.05) is 97.1 Å². The van der Waals surface area contributed by atoms with Crippen molar-refractivity contribution in [1.82, 2.24) is 9.97 Å². The van der Waals surface area contributed by atoms with E-state index in [0.717, 1.165) is 56.3 Å². The second kappa shape index (κ2) is 10.3. The minimum atomic E-state index is 0.753. The lowest BCUT2D eigenvalue weighted by molar-refractivity contribution is 0.483. The van der Waals surface area contributed by atoms with Crippen LogP contribution in [0.1, 0.15) is 0 Å². The lowest BCUT2D eigenvalue weighted by Crippen LogP contribution is -1.91. The largest absolute Gasteiger partial charge is 0.457 e. The smallest absolute Gasteiger partial charge is 0.128 e. The first-order valence-electron chi connectivity index (χ1n) is 12.2. The van der Waals surface area contributed by atoms with Crippen LogP contribution < -0.4 is 4.74 Å². The van der Waals surface area contributed by atoms with Crippen LogP contribution in [0.5, 0.6) is 11.5 Å². The summed E-state index contributed by atoms with van der Waals surface area (Å²) < 4.78 is 6.34. The van der Waals surface area contributed by atoms with Crippen LogP contribution in [-0.4, -0.2) is 9.97 Å². The lowest BCUT2D eigenvalue weighted by Gasteiger charge is -2.13. The summed E-state index contributed by atoms with van der Waals surface area (Å²) in [6.45, 7) is 0. The highest BCUT2D eigenvalue weighted by atomic mass is 16.5. The zero-order chi connectivity index (χ0) is 24.9. The predicted molar refractivity (Wildman–Crippen MR) is 150 cm³/mol. The van der Waals surface area contributed by atoms with E-state index < -0.39 is 0 Å². The number of nitrogens with zero attached hydrogens (tertiary/aromatic N) is 2. The van der Waals surface area contributed by atoms with E-state index in [1.165, 1.54) is 0 Å². The van der Waals surface area contributed by atoms with Crippen molar-refractivity contribution in [2.75, 3.05) is 0 Å². The molecule has 0 bridgehead atoms. The number of hydrogen-bond donors (Lipinski definition) is 0. The summed E-state index contributed by atoms with van der Waals surface area (Å²) >= 11 is 0. The van der Waals surface area contributed by atoms with Crippen LogP contribution >= 0.6 is 0 Å². The summed E-state index contributed by atoms with van der Waals surface area (Å²) in [5.74, 6) is 1.51. The van der Waals surface area contributed by atoms with Gasteiger partial charge in [-0.25, -0.2) is 0 Å². The van der Waals surface area contributed by atoms with E-state index in [9.17, 15) is 0 Å². The van der Waals surface area contributed by atoms with E-state index in [1.54, 1.807) is 0 Å². The number of ether oxygens (including phenoxy) is 1. The minimum absolute atomic E-state index is 0.753. The molecule has 0 saturated carbocycles. The molecule has 0 N–H and O–H groups in total. The van der Waals surface area contributed by atoms with Gasteiger partial charge in [-0.15, -0.1) is 0 Å². The molecule has 0 aliphatic carbocycles. The zero-order valence-electron chi connectivity index (χ0n) is 20.2. The van der Waals surface area contributed by atoms with Crippen LogP contribution in [-0.2, 0) is 0 Å². The molecular formula is C34H24N2O. The number of pyridine rings is 2. The standard InChI is InChI=1S/C34H24N2O/c1-3-11-25(12-4-1)31-19-9-21-35-33(31)27-15-7-17-29(23-27)37-30-18-8-16-28(24-30)34-32(20-10-22-36-34)26-13-5-2-6-14-26/h1-24H. The van der Waals surface area contributed by atoms with Gasteiger partial charge in [0, 0.05) is 34.6 Å². The molecule has 0 aliphatic heterocycles. The third-order valence-electron chi connectivity index (χ3n) is 6.24. The molecule has 0 aliphatic rings. The molecule has 0 atom stereocenters. The van der Waals surface area contributed by atoms with Crippen LogP contribution in [0.2, 0.25) is 0 Å². The molecule has 176 valence electrons. The Hall–Kier alpha value is -5.02. The molecule has 0 amide bonds. The van der Waals surface area contributed by atoms with Crippen molar-refractivity contribution in [3.05, 3.63) is 146 Å². The van der Waals surface area contributed by atoms with Crippen molar-refractivity contribution in [2.24, 2.45) is 0 Å². The van der Waals surface area contributed by atoms with E-state index >= 15 is 0 Å². The summed E-state index contributed by atoms with van der Waals surface area (Å²) in [5.41, 5.74) is 8.30. The van der Waals surface area contributed by atoms with Gasteiger partial charge in [-0.2, -0.15) is 0 Å². The molecule has 4 aromatic carbocycles. The van der Waals surface area contributed by atoms with Gasteiger partial charge in [-0.3, -0.25) is 9.97 Å². The van der Waals surface area contributed by atoms with E-state index in [0.29, 0.717) is 0 Å². The summed E-state index contributed by atoms with van der Waals surface area (Å²) in [4.78, 5) is 9.40. The molecule has 6 rings (SSSR count). The molecule has 37 heavy (non-hydrogen) atoms. The molecule has 0 radical (unpaired) electrons. The highest BCUT2D eigenvalue weighted by molar-refractivity contribution is 5.82. The molecule has 6 aromatic rings. The van der Waals surface area contributed by atoms with Gasteiger partial charge in [0.1, 0.15) is 11.5 Å². The predicted octanol–water partition coefficient (Wildman–Crippen LogP) is 8.94. The second-order valence-corrected chi connectivity index (χ2v) is 8.69. The Morgan fingerprint density at radius 3 is 1.27 bits per heavy atom. The number of aromatic nitrogens is 2. The second-order valence-electron chi connectivity index (χ2n) is 8.69. The average Bonchev–Trinajstić information content (AvgIpc) is 2.98. The van der Waals surface area contributed by atoms with Gasteiger partial charge in [-0.05, 0) is 47.5 Å². The molecular weight excluding hydrogens is 452 g/mol. The van der Waals surface area contributed by atoms with Gasteiger partial charge < -0.3 is 4.74 Å². The first kappa shape index (κ1) is 22.4. The SMILES string of the molecule is c1ccc(-c2cccnc2-c2cccc(Oc3cccc(-c4ncccc4-c4ccccc4)c3)c2)cc1. The van der Waals surface area contributed by atoms with Crippen molar-refractivity contribution in [1.29, 1.82) is 0 Å². The van der Waals surface area contributed by atoms with Crippen molar-refractivity contribution >= 4 is 0 Å². The van der Waals surface area contributed by atoms with Crippen LogP contribution in [0.3, 0.4) is 0 Å². The molecule has 0 spiro atoms. The molecule has 0 saturated heterocycles. The number of benzene rings is 4. The van der Waals surface area contributed by atoms with Crippen molar-refractivity contribution in [3.63, 3.8) is 0 Å². The molecule has 3 heteroatoms. The van der Waals surface area contributed by atoms with Gasteiger partial charge in [0.25, 0.3) is 0 Å². The Morgan fingerprint density at radius 2 is 0.811 bits per heavy atom. The van der Waals surface area contributed by atoms with E-state index in [2.05, 4.69) is 48.5 Å². The fourth-order valence-electron chi connectivity index (χ4n) is 4.52. The van der Waals surface area contributed by atoms with Crippen molar-refractivity contribution < 1.29 is 4.74 Å². The fraction of sp³-hybridized carbons (Fsp3) is 0. The van der Waals surface area contributed by atoms with Gasteiger partial charge in [0.15, 0.2) is 0 Å². The highest BCUT2D eigenvalue weighted by Gasteiger charge is 2.12. The van der Waals surface area contributed by atoms with Crippen LogP contribution in [0, 0.1) is 0 Å². The minimum Gasteiger partial charge on any atom is -0.457 e. The van der Waals surface area contributed by atoms with E-state index in [-0.39, 0.29) is 0 Å². The van der Waals surface area contributed by atoms with Crippen LogP contribution in [0.4, 0.5) is 0 Å². The Balaban J connectivity index is 1.32. The Kier molecular flexibility index (Phi) is 6.25. The third kappa shape index (κ3) is 4.89. The Labute approximate surface area is 216 Å². The molecule has 0 fully saturated rings. The Bertz CT molecular complexity index is 1520. The molecule has 0 unspecified atom stereocenters. The summed E-state index contributed by atoms with van der Waals surface area (Å²) in [5, 5.41) is 0. The van der Waals surface area contributed by atoms with Crippen LogP contribution in [0.15, 0.2) is 146 Å². The molecule has 2 heterocycles. The van der Waals surface area contributed by atoms with Crippen molar-refractivity contribution in [2.45, 2.75) is 0 Å². The quantitative estimate of drug-likeness (QED) is 0.241. The first-order chi connectivity index (χ1) is 18.3. The van der Waals surface area contributed by atoms with E-state index in [4.69, 9.17) is 14.7 Å². The monoisotopic (exact) mass is 476 g/mol. The molecule has 3 nitrogen and oxygen atoms in total. The number of hydrogen-bond acceptors (Lipinski definition) is 3. The Morgan fingerprint density at radius 1 is 0.378 bits per heavy atom. The maximum absolute atomic E-state index is 6.34. The fourth-order valence-corrected chi connectivity index (χ4v) is 4.52. The lowest BCUT2D eigenvalue weighted by atomic mass is 9.99. The zero-order valence-corrected chi connectivity index (χ0v) is 20.2. The normalized spacial score (nSPS) is 10.7. The van der Waals surface area contributed by atoms with Gasteiger partial charge in [0.2, 0.25) is 0 Å². The average molecular weight is 477 g/mol. The molecule has 2 aromatic heterocycles. The van der Waals surface area contributed by atoms with E-state index in [1.807, 2.05) is 97.3 Å². The number of rotatable bonds is 6. The van der Waals surface area contributed by atoms with Gasteiger partial charge in [0.05, 0.1) is 11.4 Å². The third-order valence-corrected chi connectivity index (χ3v) is 6.24. The van der Waals surface area contributed by atoms with Crippen LogP contribution in [0.25, 0.3) is 44.8 Å². The maximum atomic E-state index is 6.34. The topological polar surface area (TPSA) is 35.0 Å². The van der Waals surface area contributed by atoms with Gasteiger partial charge >= 0.3 is 0 Å². The summed E-state index contributed by atoms with van der Waals surface area (Å²) in [6, 6.07) is 45.0. The summed E-state index contributed by atoms with van der Waals surface area (Å²) in [6.07, 6.45) is 3.66. The first-order valence-corrected chi connectivity index (χ1v) is 12.2. The van der Waals surface area contributed by atoms with Crippen molar-refractivity contribution in [3.8, 4) is 56.3 Å².